The monoisotopic (exact) mass is 597 g/mol. The molecule has 0 bridgehead atoms. The molecule has 0 N–H and O–H groups in total. The van der Waals surface area contributed by atoms with E-state index in [1.54, 1.807) is 0 Å². The molecule has 0 radical (unpaired) electrons. The predicted octanol–water partition coefficient (Wildman–Crippen LogP) is 8.06. The minimum absolute atomic E-state index is 0.00373. The van der Waals surface area contributed by atoms with Crippen molar-refractivity contribution in [2.45, 2.75) is 0 Å². The highest BCUT2D eigenvalue weighted by Gasteiger charge is 2.30. The van der Waals surface area contributed by atoms with Crippen LogP contribution in [0.25, 0.3) is 0 Å². The molecule has 10 heteroatoms. The standard InChI is InChI=1S/C31H18ClF5NO2P/c32-23-18-19(31(39)40-30-28(36)26(34)25(33)27(35)29(30)37)16-17-24(23)38-41(20-10-4-1-5-11-20,21-12-6-2-7-13-21)22-14-8-3-9-15-22/h1-18H. The number of ether oxygens (including phenoxy) is 1. The molecule has 0 aromatic heterocycles. The second kappa shape index (κ2) is 11.7. The molecule has 0 aliphatic heterocycles. The molecular weight excluding hydrogens is 580 g/mol. The molecule has 0 fully saturated rings. The van der Waals surface area contributed by atoms with Crippen molar-refractivity contribution in [3.05, 3.63) is 149 Å². The Kier molecular flexibility index (Phi) is 8.06. The largest absolute Gasteiger partial charge is 0.416 e. The molecule has 0 spiro atoms. The van der Waals surface area contributed by atoms with E-state index in [2.05, 4.69) is 4.74 Å². The Balaban J connectivity index is 1.64. The average Bonchev–Trinajstić information content (AvgIpc) is 3.02. The van der Waals surface area contributed by atoms with E-state index in [0.29, 0.717) is 5.69 Å². The minimum Gasteiger partial charge on any atom is -0.416 e. The van der Waals surface area contributed by atoms with Gasteiger partial charge in [-0.3, -0.25) is 4.74 Å². The summed E-state index contributed by atoms with van der Waals surface area (Å²) < 4.78 is 78.4. The first kappa shape index (κ1) is 28.3. The molecule has 206 valence electrons. The van der Waals surface area contributed by atoms with E-state index < -0.39 is 47.9 Å². The van der Waals surface area contributed by atoms with E-state index in [9.17, 15) is 26.7 Å². The molecule has 0 heterocycles. The zero-order chi connectivity index (χ0) is 29.1. The normalized spacial score (nSPS) is 11.3. The van der Waals surface area contributed by atoms with Gasteiger partial charge in [-0.1, -0.05) is 103 Å². The molecule has 5 rings (SSSR count). The Morgan fingerprint density at radius 3 is 1.44 bits per heavy atom. The fourth-order valence-corrected chi connectivity index (χ4v) is 8.09. The lowest BCUT2D eigenvalue weighted by Crippen LogP contribution is -2.25. The quantitative estimate of drug-likeness (QED) is 0.0496. The molecule has 0 saturated carbocycles. The van der Waals surface area contributed by atoms with Crippen molar-refractivity contribution in [2.75, 3.05) is 0 Å². The number of rotatable bonds is 6. The van der Waals surface area contributed by atoms with Crippen LogP contribution in [0.15, 0.2) is 114 Å². The molecule has 41 heavy (non-hydrogen) atoms. The molecule has 0 amide bonds. The van der Waals surface area contributed by atoms with Crippen LogP contribution in [0.3, 0.4) is 0 Å². The number of hydrogen-bond acceptors (Lipinski definition) is 3. The van der Waals surface area contributed by atoms with Gasteiger partial charge in [0.25, 0.3) is 0 Å². The van der Waals surface area contributed by atoms with Crippen LogP contribution in [-0.4, -0.2) is 5.97 Å². The molecule has 5 aromatic carbocycles. The zero-order valence-corrected chi connectivity index (χ0v) is 22.5. The lowest BCUT2D eigenvalue weighted by atomic mass is 10.2. The van der Waals surface area contributed by atoms with Crippen molar-refractivity contribution in [1.29, 1.82) is 0 Å². The number of halogens is 6. The number of carbonyl (C=O) groups is 1. The summed E-state index contributed by atoms with van der Waals surface area (Å²) in [6, 6.07) is 32.8. The van der Waals surface area contributed by atoms with Gasteiger partial charge < -0.3 is 4.74 Å². The Bertz CT molecular complexity index is 1670. The van der Waals surface area contributed by atoms with Crippen LogP contribution >= 0.6 is 18.7 Å². The number of esters is 1. The summed E-state index contributed by atoms with van der Waals surface area (Å²) in [6.07, 6.45) is 0. The first-order chi connectivity index (χ1) is 19.7. The highest BCUT2D eigenvalue weighted by molar-refractivity contribution is 7.87. The Morgan fingerprint density at radius 1 is 0.610 bits per heavy atom. The summed E-state index contributed by atoms with van der Waals surface area (Å²) in [4.78, 5) is 12.7. The van der Waals surface area contributed by atoms with Crippen LogP contribution in [0.2, 0.25) is 5.02 Å². The Labute approximate surface area is 236 Å². The van der Waals surface area contributed by atoms with Crippen LogP contribution in [0, 0.1) is 29.1 Å². The third-order valence-corrected chi connectivity index (χ3v) is 10.1. The van der Waals surface area contributed by atoms with E-state index in [4.69, 9.17) is 16.3 Å². The minimum atomic E-state index is -2.72. The summed E-state index contributed by atoms with van der Waals surface area (Å²) in [5, 5.41) is 2.80. The second-order valence-corrected chi connectivity index (χ2v) is 12.1. The fraction of sp³-hybridized carbons (Fsp3) is 0. The van der Waals surface area contributed by atoms with Gasteiger partial charge in [-0.15, -0.1) is 0 Å². The third kappa shape index (κ3) is 5.29. The van der Waals surface area contributed by atoms with Gasteiger partial charge in [-0.25, -0.2) is 18.0 Å². The molecular formula is C31H18ClF5NO2P. The third-order valence-electron chi connectivity index (χ3n) is 6.19. The van der Waals surface area contributed by atoms with Gasteiger partial charge in [0.2, 0.25) is 34.8 Å². The maximum Gasteiger partial charge on any atom is 0.343 e. The van der Waals surface area contributed by atoms with E-state index in [1.165, 1.54) is 12.1 Å². The highest BCUT2D eigenvalue weighted by atomic mass is 35.5. The first-order valence-electron chi connectivity index (χ1n) is 12.1. The van der Waals surface area contributed by atoms with Gasteiger partial charge in [0.15, 0.2) is 0 Å². The van der Waals surface area contributed by atoms with Gasteiger partial charge in [0, 0.05) is 15.9 Å². The maximum atomic E-state index is 14.1. The topological polar surface area (TPSA) is 38.7 Å². The lowest BCUT2D eigenvalue weighted by Gasteiger charge is -2.27. The van der Waals surface area contributed by atoms with Crippen molar-refractivity contribution in [3.63, 3.8) is 0 Å². The number of benzene rings is 5. The summed E-state index contributed by atoms with van der Waals surface area (Å²) >= 11 is 6.58. The van der Waals surface area contributed by atoms with Gasteiger partial charge in [0.05, 0.1) is 23.3 Å². The number of hydrogen-bond donors (Lipinski definition) is 0. The van der Waals surface area contributed by atoms with Gasteiger partial charge in [-0.05, 0) is 18.2 Å². The molecule has 3 nitrogen and oxygen atoms in total. The van der Waals surface area contributed by atoms with Crippen molar-refractivity contribution in [2.24, 2.45) is 4.74 Å². The lowest BCUT2D eigenvalue weighted by molar-refractivity contribution is 0.0716. The first-order valence-corrected chi connectivity index (χ1v) is 14.2. The van der Waals surface area contributed by atoms with Crippen molar-refractivity contribution in [3.8, 4) is 5.75 Å². The fourth-order valence-electron chi connectivity index (χ4n) is 4.25. The van der Waals surface area contributed by atoms with Crippen molar-refractivity contribution < 1.29 is 31.5 Å². The molecule has 0 unspecified atom stereocenters. The maximum absolute atomic E-state index is 14.1. The Morgan fingerprint density at radius 2 is 1.02 bits per heavy atom. The van der Waals surface area contributed by atoms with Gasteiger partial charge in [0.1, 0.15) is 0 Å². The van der Waals surface area contributed by atoms with Crippen LogP contribution in [0.5, 0.6) is 5.75 Å². The smallest absolute Gasteiger partial charge is 0.343 e. The second-order valence-electron chi connectivity index (χ2n) is 8.70. The van der Waals surface area contributed by atoms with Gasteiger partial charge in [-0.2, -0.15) is 8.78 Å². The molecule has 0 saturated heterocycles. The van der Waals surface area contributed by atoms with Crippen LogP contribution in [0.1, 0.15) is 10.4 Å². The van der Waals surface area contributed by atoms with E-state index in [-0.39, 0.29) is 10.6 Å². The number of carbonyl (C=O) groups excluding carboxylic acids is 1. The summed E-state index contributed by atoms with van der Waals surface area (Å²) in [5.41, 5.74) is 0.0188. The van der Waals surface area contributed by atoms with Crippen LogP contribution in [-0.2, 0) is 0 Å². The summed E-state index contributed by atoms with van der Waals surface area (Å²) in [5.74, 6) is -14.5. The molecule has 0 aliphatic carbocycles. The van der Waals surface area contributed by atoms with Crippen LogP contribution in [0.4, 0.5) is 27.6 Å². The molecule has 5 aromatic rings. The van der Waals surface area contributed by atoms with Crippen molar-refractivity contribution >= 4 is 46.2 Å². The van der Waals surface area contributed by atoms with E-state index in [1.807, 2.05) is 91.0 Å². The predicted molar refractivity (Wildman–Crippen MR) is 150 cm³/mol. The Hall–Kier alpha value is -4.26. The van der Waals surface area contributed by atoms with E-state index in [0.717, 1.165) is 22.0 Å². The van der Waals surface area contributed by atoms with Crippen LogP contribution < -0.4 is 20.7 Å². The molecule has 0 atom stereocenters. The zero-order valence-electron chi connectivity index (χ0n) is 20.9. The summed E-state index contributed by atoms with van der Waals surface area (Å²) in [6.45, 7) is 0. The highest BCUT2D eigenvalue weighted by Crippen LogP contribution is 2.50. The van der Waals surface area contributed by atoms with Crippen molar-refractivity contribution in [1.82, 2.24) is 0 Å². The summed E-state index contributed by atoms with van der Waals surface area (Å²) in [7, 11) is -2.72. The SMILES string of the molecule is O=C(Oc1c(F)c(F)c(F)c(F)c1F)c1ccc(N=P(c2ccccc2)(c2ccccc2)c2ccccc2)c(Cl)c1. The molecule has 0 aliphatic rings. The average molecular weight is 598 g/mol. The number of nitrogens with zero attached hydrogens (tertiary/aromatic N) is 1. The van der Waals surface area contributed by atoms with E-state index >= 15 is 0 Å². The van der Waals surface area contributed by atoms with Gasteiger partial charge >= 0.3 is 5.97 Å².